The fourth-order valence-corrected chi connectivity index (χ4v) is 3.35. The summed E-state index contributed by atoms with van der Waals surface area (Å²) in [5.41, 5.74) is 0. The predicted octanol–water partition coefficient (Wildman–Crippen LogP) is 1.79. The second kappa shape index (κ2) is 10.6. The molecule has 1 aromatic carbocycles. The highest BCUT2D eigenvalue weighted by atomic mass is 35.5. The van der Waals surface area contributed by atoms with E-state index in [-0.39, 0.29) is 36.2 Å². The quantitative estimate of drug-likeness (QED) is 0.706. The van der Waals surface area contributed by atoms with Gasteiger partial charge in [-0.1, -0.05) is 0 Å². The normalized spacial score (nSPS) is 17.4. The molecule has 2 rings (SSSR count). The molecule has 1 atom stereocenters. The van der Waals surface area contributed by atoms with Crippen LogP contribution in [0.3, 0.4) is 0 Å². The number of benzene rings is 1. The molecule has 0 bridgehead atoms. The molecular formula is C17H27ClN2O4S. The minimum absolute atomic E-state index is 0. The van der Waals surface area contributed by atoms with Gasteiger partial charge in [-0.3, -0.25) is 4.79 Å². The van der Waals surface area contributed by atoms with Gasteiger partial charge in [0.25, 0.3) is 0 Å². The fraction of sp³-hybridized carbons (Fsp3) is 0.588. The van der Waals surface area contributed by atoms with Crippen molar-refractivity contribution >= 4 is 28.2 Å². The molecule has 1 aliphatic heterocycles. The van der Waals surface area contributed by atoms with Gasteiger partial charge in [0.15, 0.2) is 9.84 Å². The van der Waals surface area contributed by atoms with Crippen LogP contribution in [-0.2, 0) is 14.6 Å². The van der Waals surface area contributed by atoms with E-state index in [9.17, 15) is 13.2 Å². The maximum absolute atomic E-state index is 11.8. The van der Waals surface area contributed by atoms with Gasteiger partial charge in [-0.25, -0.2) is 8.42 Å². The second-order valence-electron chi connectivity index (χ2n) is 6.19. The third-order valence-electron chi connectivity index (χ3n) is 4.12. The molecule has 1 heterocycles. The number of hydrogen-bond donors (Lipinski definition) is 2. The predicted molar refractivity (Wildman–Crippen MR) is 100 cm³/mol. The number of rotatable bonds is 8. The van der Waals surface area contributed by atoms with E-state index < -0.39 is 9.84 Å². The molecule has 0 aromatic heterocycles. The second-order valence-corrected chi connectivity index (χ2v) is 8.21. The summed E-state index contributed by atoms with van der Waals surface area (Å²) in [5.74, 6) is 1.19. The van der Waals surface area contributed by atoms with Crippen molar-refractivity contribution in [2.24, 2.45) is 5.92 Å². The Kier molecular flexibility index (Phi) is 9.24. The summed E-state index contributed by atoms with van der Waals surface area (Å²) in [7, 11) is -3.20. The molecule has 0 saturated carbocycles. The highest BCUT2D eigenvalue weighted by Crippen LogP contribution is 2.16. The molecule has 1 saturated heterocycles. The lowest BCUT2D eigenvalue weighted by Crippen LogP contribution is -2.33. The van der Waals surface area contributed by atoms with Crippen molar-refractivity contribution in [3.05, 3.63) is 24.3 Å². The molecule has 0 spiro atoms. The van der Waals surface area contributed by atoms with Crippen LogP contribution in [0.15, 0.2) is 29.2 Å². The van der Waals surface area contributed by atoms with Gasteiger partial charge in [0, 0.05) is 12.8 Å². The van der Waals surface area contributed by atoms with E-state index in [1.807, 2.05) is 0 Å². The summed E-state index contributed by atoms with van der Waals surface area (Å²) in [4.78, 5) is 12.0. The average Bonchev–Trinajstić information content (AvgIpc) is 2.55. The zero-order valence-electron chi connectivity index (χ0n) is 14.5. The third-order valence-corrected chi connectivity index (χ3v) is 5.25. The molecule has 0 radical (unpaired) electrons. The summed E-state index contributed by atoms with van der Waals surface area (Å²) in [6, 6.07) is 6.21. The van der Waals surface area contributed by atoms with Crippen LogP contribution in [0.1, 0.15) is 25.7 Å². The van der Waals surface area contributed by atoms with E-state index in [0.717, 1.165) is 25.8 Å². The number of halogens is 1. The largest absolute Gasteiger partial charge is 0.493 e. The maximum Gasteiger partial charge on any atom is 0.223 e. The van der Waals surface area contributed by atoms with E-state index >= 15 is 0 Å². The van der Waals surface area contributed by atoms with Crippen molar-refractivity contribution in [2.75, 3.05) is 32.5 Å². The molecule has 142 valence electrons. The number of amides is 1. The number of nitrogens with one attached hydrogen (secondary N) is 2. The Morgan fingerprint density at radius 1 is 1.32 bits per heavy atom. The van der Waals surface area contributed by atoms with Crippen LogP contribution in [0.2, 0.25) is 0 Å². The van der Waals surface area contributed by atoms with Gasteiger partial charge in [-0.05, 0) is 62.5 Å². The summed E-state index contributed by atoms with van der Waals surface area (Å²) >= 11 is 0. The highest BCUT2D eigenvalue weighted by molar-refractivity contribution is 7.90. The zero-order valence-corrected chi connectivity index (χ0v) is 16.1. The first-order valence-corrected chi connectivity index (χ1v) is 10.2. The van der Waals surface area contributed by atoms with E-state index in [2.05, 4.69) is 10.6 Å². The maximum atomic E-state index is 11.8. The SMILES string of the molecule is CS(=O)(=O)c1ccc(OCCC(=O)NCCC2CCCNC2)cc1.Cl. The Bertz CT molecular complexity index is 629. The Balaban J connectivity index is 0.00000312. The topological polar surface area (TPSA) is 84.5 Å². The van der Waals surface area contributed by atoms with E-state index in [1.165, 1.54) is 25.0 Å². The van der Waals surface area contributed by atoms with Crippen molar-refractivity contribution in [2.45, 2.75) is 30.6 Å². The minimum Gasteiger partial charge on any atom is -0.493 e. The van der Waals surface area contributed by atoms with Crippen molar-refractivity contribution < 1.29 is 17.9 Å². The monoisotopic (exact) mass is 390 g/mol. The first kappa shape index (κ1) is 21.7. The molecule has 1 aliphatic rings. The fourth-order valence-electron chi connectivity index (χ4n) is 2.72. The van der Waals surface area contributed by atoms with Gasteiger partial charge >= 0.3 is 0 Å². The van der Waals surface area contributed by atoms with Crippen molar-refractivity contribution in [3.8, 4) is 5.75 Å². The lowest BCUT2D eigenvalue weighted by Gasteiger charge is -2.22. The van der Waals surface area contributed by atoms with Crippen molar-refractivity contribution in [3.63, 3.8) is 0 Å². The van der Waals surface area contributed by atoms with Crippen LogP contribution in [0, 0.1) is 5.92 Å². The summed E-state index contributed by atoms with van der Waals surface area (Å²) in [6.07, 6.45) is 4.90. The van der Waals surface area contributed by atoms with Crippen LogP contribution in [0.5, 0.6) is 5.75 Å². The molecule has 1 fully saturated rings. The van der Waals surface area contributed by atoms with Crippen LogP contribution in [0.4, 0.5) is 0 Å². The molecule has 2 N–H and O–H groups in total. The number of piperidine rings is 1. The average molecular weight is 391 g/mol. The van der Waals surface area contributed by atoms with Crippen molar-refractivity contribution in [1.82, 2.24) is 10.6 Å². The molecule has 1 aromatic rings. The molecule has 8 heteroatoms. The summed E-state index contributed by atoms with van der Waals surface area (Å²) < 4.78 is 28.2. The van der Waals surface area contributed by atoms with Gasteiger partial charge in [-0.15, -0.1) is 12.4 Å². The van der Waals surface area contributed by atoms with Crippen molar-refractivity contribution in [1.29, 1.82) is 0 Å². The van der Waals surface area contributed by atoms with Gasteiger partial charge in [0.05, 0.1) is 17.9 Å². The van der Waals surface area contributed by atoms with Gasteiger partial charge in [0.2, 0.25) is 5.91 Å². The smallest absolute Gasteiger partial charge is 0.223 e. The van der Waals surface area contributed by atoms with E-state index in [4.69, 9.17) is 4.74 Å². The summed E-state index contributed by atoms with van der Waals surface area (Å²) in [5, 5.41) is 6.29. The lowest BCUT2D eigenvalue weighted by atomic mass is 9.96. The number of sulfone groups is 1. The molecule has 1 unspecified atom stereocenters. The van der Waals surface area contributed by atoms with Gasteiger partial charge < -0.3 is 15.4 Å². The number of carbonyl (C=O) groups is 1. The Hall–Kier alpha value is -1.31. The standard InChI is InChI=1S/C17H26N2O4S.ClH/c1-24(21,22)16-6-4-15(5-7-16)23-12-9-17(20)19-11-8-14-3-2-10-18-13-14;/h4-7,14,18H,2-3,8-13H2,1H3,(H,19,20);1H. The lowest BCUT2D eigenvalue weighted by molar-refractivity contribution is -0.121. The zero-order chi connectivity index (χ0) is 17.4. The van der Waals surface area contributed by atoms with Crippen LogP contribution >= 0.6 is 12.4 Å². The van der Waals surface area contributed by atoms with E-state index in [0.29, 0.717) is 18.2 Å². The third kappa shape index (κ3) is 8.07. The molecule has 0 aliphatic carbocycles. The highest BCUT2D eigenvalue weighted by Gasteiger charge is 2.13. The Labute approximate surface area is 156 Å². The van der Waals surface area contributed by atoms with Crippen LogP contribution in [0.25, 0.3) is 0 Å². The van der Waals surface area contributed by atoms with Crippen LogP contribution in [-0.4, -0.2) is 46.8 Å². The van der Waals surface area contributed by atoms with E-state index in [1.54, 1.807) is 12.1 Å². The Morgan fingerprint density at radius 2 is 2.04 bits per heavy atom. The van der Waals surface area contributed by atoms with Gasteiger partial charge in [-0.2, -0.15) is 0 Å². The first-order valence-electron chi connectivity index (χ1n) is 8.35. The Morgan fingerprint density at radius 3 is 2.64 bits per heavy atom. The van der Waals surface area contributed by atoms with Crippen LogP contribution < -0.4 is 15.4 Å². The minimum atomic E-state index is -3.20. The first-order chi connectivity index (χ1) is 11.4. The summed E-state index contributed by atoms with van der Waals surface area (Å²) in [6.45, 7) is 3.12. The molecular weight excluding hydrogens is 364 g/mol. The van der Waals surface area contributed by atoms with Gasteiger partial charge in [0.1, 0.15) is 5.75 Å². The molecule has 25 heavy (non-hydrogen) atoms. The number of hydrogen-bond acceptors (Lipinski definition) is 5. The molecule has 6 nitrogen and oxygen atoms in total. The number of carbonyl (C=O) groups excluding carboxylic acids is 1. The molecule has 1 amide bonds. The number of ether oxygens (including phenoxy) is 1.